The van der Waals surface area contributed by atoms with Crippen molar-refractivity contribution in [2.24, 2.45) is 0 Å². The van der Waals surface area contributed by atoms with Crippen molar-refractivity contribution < 1.29 is 28.3 Å². The van der Waals surface area contributed by atoms with Crippen LogP contribution in [0.2, 0.25) is 0 Å². The predicted octanol–water partition coefficient (Wildman–Crippen LogP) is 3.98. The van der Waals surface area contributed by atoms with Crippen LogP contribution in [-0.4, -0.2) is 33.1 Å². The minimum atomic E-state index is -1.94. The Labute approximate surface area is 237 Å². The Bertz CT molecular complexity index is 1640. The van der Waals surface area contributed by atoms with E-state index in [2.05, 4.69) is 27.4 Å². The lowest BCUT2D eigenvalue weighted by atomic mass is 9.81. The molecule has 204 valence electrons. The Kier molecular flexibility index (Phi) is 6.76. The Morgan fingerprint density at radius 2 is 2.15 bits per heavy atom. The molecule has 0 bridgehead atoms. The van der Waals surface area contributed by atoms with Gasteiger partial charge in [0.05, 0.1) is 54.5 Å². The smallest absolute Gasteiger partial charge is 0.343 e. The number of halogens is 2. The molecule has 39 heavy (non-hydrogen) atoms. The van der Waals surface area contributed by atoms with E-state index in [1.165, 1.54) is 6.07 Å². The number of nitrogens with zero attached hydrogens (tertiary/aromatic N) is 2. The lowest BCUT2D eigenvalue weighted by Crippen LogP contribution is -2.44. The Hall–Kier alpha value is -2.47. The van der Waals surface area contributed by atoms with Gasteiger partial charge in [0.1, 0.15) is 12.4 Å². The highest BCUT2D eigenvalue weighted by Gasteiger charge is 2.46. The van der Waals surface area contributed by atoms with Crippen LogP contribution in [0.15, 0.2) is 16.9 Å². The van der Waals surface area contributed by atoms with Crippen molar-refractivity contribution in [3.05, 3.63) is 61.7 Å². The molecular weight excluding hydrogens is 639 g/mol. The van der Waals surface area contributed by atoms with Gasteiger partial charge in [-0.2, -0.15) is 0 Å². The minimum absolute atomic E-state index is 0.0364. The number of carbonyl (C=O) groups is 2. The summed E-state index contributed by atoms with van der Waals surface area (Å²) < 4.78 is 27.1. The van der Waals surface area contributed by atoms with Crippen LogP contribution < -0.4 is 10.9 Å². The lowest BCUT2D eigenvalue weighted by molar-refractivity contribution is -0.172. The number of fused-ring (bicyclic) bond motifs is 5. The van der Waals surface area contributed by atoms with Crippen molar-refractivity contribution >= 4 is 51.3 Å². The molecule has 4 heterocycles. The van der Waals surface area contributed by atoms with Crippen LogP contribution >= 0.6 is 28.5 Å². The van der Waals surface area contributed by atoms with Gasteiger partial charge in [-0.15, -0.1) is 0 Å². The summed E-state index contributed by atoms with van der Waals surface area (Å²) in [5, 5.41) is 15.1. The highest BCUT2D eigenvalue weighted by Crippen LogP contribution is 2.46. The number of benzene rings is 1. The van der Waals surface area contributed by atoms with Gasteiger partial charge in [-0.1, -0.05) is 6.92 Å². The third-order valence-corrected chi connectivity index (χ3v) is 9.45. The first kappa shape index (κ1) is 26.7. The molecule has 1 unspecified atom stereocenters. The maximum Gasteiger partial charge on any atom is 0.343 e. The summed E-state index contributed by atoms with van der Waals surface area (Å²) in [6.45, 7) is 3.96. The largest absolute Gasteiger partial charge is 0.458 e. The van der Waals surface area contributed by atoms with E-state index in [1.807, 2.05) is 0 Å². The molecule has 9 nitrogen and oxygen atoms in total. The van der Waals surface area contributed by atoms with Gasteiger partial charge in [0.2, 0.25) is 5.91 Å². The molecule has 6 rings (SSSR count). The molecule has 1 aliphatic carbocycles. The average molecular weight is 665 g/mol. The van der Waals surface area contributed by atoms with Gasteiger partial charge in [0.15, 0.2) is 5.60 Å². The van der Waals surface area contributed by atoms with Crippen molar-refractivity contribution in [2.45, 2.75) is 64.3 Å². The molecule has 0 spiro atoms. The maximum absolute atomic E-state index is 15.0. The van der Waals surface area contributed by atoms with Crippen LogP contribution in [0.25, 0.3) is 22.3 Å². The number of amides is 1. The number of cyclic esters (lactones) is 1. The number of hydrogen-bond acceptors (Lipinski definition) is 7. The van der Waals surface area contributed by atoms with Crippen molar-refractivity contribution in [1.82, 2.24) is 14.9 Å². The summed E-state index contributed by atoms with van der Waals surface area (Å²) in [7, 11) is 0. The third-order valence-electron chi connectivity index (χ3n) is 8.20. The van der Waals surface area contributed by atoms with E-state index in [0.29, 0.717) is 41.9 Å². The summed E-state index contributed by atoms with van der Waals surface area (Å²) in [6.07, 6.45) is 1.40. The molecular formula is C27H26FIN3O6P. The van der Waals surface area contributed by atoms with Crippen LogP contribution in [0.5, 0.6) is 0 Å². The molecule has 1 aromatic carbocycles. The van der Waals surface area contributed by atoms with Crippen molar-refractivity contribution in [2.75, 3.05) is 6.61 Å². The van der Waals surface area contributed by atoms with Gasteiger partial charge < -0.3 is 24.3 Å². The molecule has 3 atom stereocenters. The fourth-order valence-corrected chi connectivity index (χ4v) is 6.99. The predicted molar refractivity (Wildman–Crippen MR) is 151 cm³/mol. The number of aromatic nitrogens is 2. The van der Waals surface area contributed by atoms with Gasteiger partial charge in [-0.25, -0.2) is 14.2 Å². The van der Waals surface area contributed by atoms with Gasteiger partial charge >= 0.3 is 5.97 Å². The molecule has 3 aromatic rings. The van der Waals surface area contributed by atoms with E-state index in [0.717, 1.165) is 22.1 Å². The lowest BCUT2D eigenvalue weighted by Gasteiger charge is -2.31. The number of pyridine rings is 2. The van der Waals surface area contributed by atoms with Crippen molar-refractivity contribution in [3.63, 3.8) is 0 Å². The Balaban J connectivity index is 1.56. The number of esters is 1. The second-order valence-corrected chi connectivity index (χ2v) is 11.9. The van der Waals surface area contributed by atoms with Crippen LogP contribution in [0, 0.1) is 12.7 Å². The number of aryl methyl sites for hydroxylation is 1. The van der Waals surface area contributed by atoms with Crippen LogP contribution in [0.1, 0.15) is 65.6 Å². The highest BCUT2D eigenvalue weighted by molar-refractivity contribution is 14.2. The third kappa shape index (κ3) is 4.03. The quantitative estimate of drug-likeness (QED) is 0.139. The maximum atomic E-state index is 15.0. The van der Waals surface area contributed by atoms with E-state index >= 15 is 0 Å². The van der Waals surface area contributed by atoms with Crippen LogP contribution in [0.3, 0.4) is 0 Å². The van der Waals surface area contributed by atoms with Gasteiger partial charge in [-0.05, 0) is 71.0 Å². The monoisotopic (exact) mass is 665 g/mol. The van der Waals surface area contributed by atoms with E-state index in [1.54, 1.807) is 24.5 Å². The van der Waals surface area contributed by atoms with Gasteiger partial charge in [0.25, 0.3) is 5.56 Å². The number of hydrogen-bond donors (Lipinski definition) is 2. The molecule has 0 fully saturated rings. The van der Waals surface area contributed by atoms with Gasteiger partial charge in [-0.3, -0.25) is 9.59 Å². The molecule has 0 saturated heterocycles. The summed E-state index contributed by atoms with van der Waals surface area (Å²) >= 11 is 2.11. The number of ether oxygens (including phenoxy) is 1. The molecule has 0 radical (unpaired) electrons. The normalized spacial score (nSPS) is 21.2. The van der Waals surface area contributed by atoms with Crippen molar-refractivity contribution in [1.29, 1.82) is 0 Å². The second-order valence-electron chi connectivity index (χ2n) is 10.1. The molecule has 2 aliphatic heterocycles. The van der Waals surface area contributed by atoms with E-state index in [9.17, 15) is 23.9 Å². The topological polar surface area (TPSA) is 120 Å². The van der Waals surface area contributed by atoms with Gasteiger partial charge in [0, 0.05) is 22.6 Å². The zero-order valence-electron chi connectivity index (χ0n) is 21.3. The van der Waals surface area contributed by atoms with Crippen LogP contribution in [-0.2, 0) is 44.0 Å². The van der Waals surface area contributed by atoms with Crippen molar-refractivity contribution in [3.8, 4) is 11.4 Å². The number of carbonyl (C=O) groups excluding carboxylic acids is 2. The standard InChI is InChI=1S/C27H26FIN3O6P/c1-3-27(36)16-8-20-24-14(10-32(20)25(34)15(16)11-37-26(27)35)23-18(30-21(33)6-7-38-39-29)5-4-13-12(2)17(28)9-19(31-24)22(13)23/h8-9,18,36,39H,3-7,10-11H2,1-2H3,(H,30,33)/t18-,27-/m0/s1. The molecule has 3 aliphatic rings. The fourth-order valence-electron chi connectivity index (χ4n) is 6.15. The Morgan fingerprint density at radius 1 is 1.36 bits per heavy atom. The summed E-state index contributed by atoms with van der Waals surface area (Å²) in [5.41, 5.74) is 2.54. The molecule has 0 saturated carbocycles. The SMILES string of the molecule is CC[C@@]1(O)C(=O)OCc2c1cc1n(c2=O)Cc2c-1nc1cc(F)c(C)c3c1c2[C@@H](NC(=O)CCOPI)CC3. The zero-order valence-corrected chi connectivity index (χ0v) is 24.5. The first-order chi connectivity index (χ1) is 18.7. The molecule has 1 amide bonds. The molecule has 2 aromatic heterocycles. The van der Waals surface area contributed by atoms with Crippen LogP contribution in [0.4, 0.5) is 4.39 Å². The summed E-state index contributed by atoms with van der Waals surface area (Å²) in [5.74, 6) is -1.31. The molecule has 12 heteroatoms. The second kappa shape index (κ2) is 9.87. The summed E-state index contributed by atoms with van der Waals surface area (Å²) in [6, 6.07) is 2.69. The Morgan fingerprint density at radius 3 is 2.90 bits per heavy atom. The fraction of sp³-hybridized carbons (Fsp3) is 0.407. The highest BCUT2D eigenvalue weighted by atomic mass is 127. The zero-order chi connectivity index (χ0) is 27.6. The van der Waals surface area contributed by atoms with E-state index in [4.69, 9.17) is 14.2 Å². The number of rotatable bonds is 6. The van der Waals surface area contributed by atoms with E-state index < -0.39 is 11.6 Å². The first-order valence-electron chi connectivity index (χ1n) is 12.8. The number of aliphatic hydroxyl groups is 1. The minimum Gasteiger partial charge on any atom is -0.458 e. The average Bonchev–Trinajstić information content (AvgIpc) is 3.29. The first-order valence-corrected chi connectivity index (χ1v) is 16.8. The summed E-state index contributed by atoms with van der Waals surface area (Å²) in [4.78, 5) is 43.8. The number of nitrogens with one attached hydrogen (secondary N) is 1. The molecule has 2 N–H and O–H groups in total. The van der Waals surface area contributed by atoms with E-state index in [-0.39, 0.29) is 66.9 Å².